The second kappa shape index (κ2) is 6.56. The molecule has 1 N–H and O–H groups in total. The number of hydrogen-bond donors (Lipinski definition) is 1. The van der Waals surface area contributed by atoms with Gasteiger partial charge >= 0.3 is 6.18 Å². The van der Waals surface area contributed by atoms with Crippen LogP contribution in [0.15, 0.2) is 24.4 Å². The molecular formula is C11H16F3N3. The minimum Gasteiger partial charge on any atom is -0.307 e. The highest BCUT2D eigenvalue weighted by Crippen LogP contribution is 2.11. The summed E-state index contributed by atoms with van der Waals surface area (Å²) in [6.45, 7) is 0.550. The fourth-order valence-electron chi connectivity index (χ4n) is 1.35. The molecule has 1 aromatic rings. The fraction of sp³-hybridized carbons (Fsp3) is 0.545. The Morgan fingerprint density at radius 2 is 2.12 bits per heavy atom. The van der Waals surface area contributed by atoms with E-state index in [1.54, 1.807) is 6.20 Å². The largest absolute Gasteiger partial charge is 0.401 e. The van der Waals surface area contributed by atoms with Crippen LogP contribution in [0, 0.1) is 0 Å². The first-order valence-corrected chi connectivity index (χ1v) is 5.33. The number of rotatable bonds is 6. The SMILES string of the molecule is CN(CCNCC(F)(F)F)Cc1ccccn1. The number of aromatic nitrogens is 1. The molecule has 0 aromatic carbocycles. The van der Waals surface area contributed by atoms with E-state index < -0.39 is 12.7 Å². The van der Waals surface area contributed by atoms with Crippen LogP contribution in [0.1, 0.15) is 5.69 Å². The topological polar surface area (TPSA) is 28.2 Å². The van der Waals surface area contributed by atoms with Crippen LogP contribution in [0.25, 0.3) is 0 Å². The average Bonchev–Trinajstić information content (AvgIpc) is 2.25. The zero-order valence-electron chi connectivity index (χ0n) is 9.67. The van der Waals surface area contributed by atoms with Gasteiger partial charge in [0, 0.05) is 25.8 Å². The summed E-state index contributed by atoms with van der Waals surface area (Å²) in [7, 11) is 1.85. The number of nitrogens with one attached hydrogen (secondary N) is 1. The molecule has 17 heavy (non-hydrogen) atoms. The maximum Gasteiger partial charge on any atom is 0.401 e. The van der Waals surface area contributed by atoms with Crippen molar-refractivity contribution in [1.29, 1.82) is 0 Å². The van der Waals surface area contributed by atoms with E-state index in [1.807, 2.05) is 30.1 Å². The van der Waals surface area contributed by atoms with Crippen molar-refractivity contribution in [2.45, 2.75) is 12.7 Å². The van der Waals surface area contributed by atoms with Crippen molar-refractivity contribution >= 4 is 0 Å². The standard InChI is InChI=1S/C11H16F3N3/c1-17(7-6-15-9-11(12,13)14)8-10-4-2-3-5-16-10/h2-5,15H,6-9H2,1H3. The van der Waals surface area contributed by atoms with E-state index in [9.17, 15) is 13.2 Å². The number of likely N-dealkylation sites (N-methyl/N-ethyl adjacent to an activating group) is 1. The molecular weight excluding hydrogens is 231 g/mol. The molecule has 3 nitrogen and oxygen atoms in total. The average molecular weight is 247 g/mol. The highest BCUT2D eigenvalue weighted by molar-refractivity contribution is 5.02. The van der Waals surface area contributed by atoms with Crippen LogP contribution in [0.2, 0.25) is 0 Å². The lowest BCUT2D eigenvalue weighted by atomic mass is 10.3. The highest BCUT2D eigenvalue weighted by atomic mass is 19.4. The van der Waals surface area contributed by atoms with Gasteiger partial charge in [0.1, 0.15) is 0 Å². The second-order valence-electron chi connectivity index (χ2n) is 3.85. The van der Waals surface area contributed by atoms with Gasteiger partial charge < -0.3 is 5.32 Å². The minimum atomic E-state index is -4.14. The predicted octanol–water partition coefficient (Wildman–Crippen LogP) is 1.67. The van der Waals surface area contributed by atoms with Gasteiger partial charge in [0.2, 0.25) is 0 Å². The fourth-order valence-corrected chi connectivity index (χ4v) is 1.35. The molecule has 0 unspecified atom stereocenters. The van der Waals surface area contributed by atoms with Crippen LogP contribution in [0.4, 0.5) is 13.2 Å². The normalized spacial score (nSPS) is 12.1. The molecule has 0 fully saturated rings. The summed E-state index contributed by atoms with van der Waals surface area (Å²) in [5, 5.41) is 2.35. The molecule has 0 atom stereocenters. The van der Waals surface area contributed by atoms with E-state index >= 15 is 0 Å². The third-order valence-corrected chi connectivity index (χ3v) is 2.15. The van der Waals surface area contributed by atoms with Gasteiger partial charge in [-0.1, -0.05) is 6.07 Å². The zero-order chi connectivity index (χ0) is 12.7. The van der Waals surface area contributed by atoms with Gasteiger partial charge in [-0.2, -0.15) is 13.2 Å². The van der Waals surface area contributed by atoms with E-state index in [1.165, 1.54) is 0 Å². The summed E-state index contributed by atoms with van der Waals surface area (Å²) < 4.78 is 35.5. The summed E-state index contributed by atoms with van der Waals surface area (Å²) >= 11 is 0. The van der Waals surface area contributed by atoms with E-state index in [2.05, 4.69) is 10.3 Å². The molecule has 1 heterocycles. The summed E-state index contributed by atoms with van der Waals surface area (Å²) in [6, 6.07) is 5.60. The molecule has 0 spiro atoms. The molecule has 0 amide bonds. The lowest BCUT2D eigenvalue weighted by Gasteiger charge is -2.16. The van der Waals surface area contributed by atoms with Crippen LogP contribution >= 0.6 is 0 Å². The molecule has 1 aromatic heterocycles. The lowest BCUT2D eigenvalue weighted by Crippen LogP contribution is -2.34. The van der Waals surface area contributed by atoms with E-state index in [0.717, 1.165) is 5.69 Å². The summed E-state index contributed by atoms with van der Waals surface area (Å²) in [4.78, 5) is 6.07. The third-order valence-electron chi connectivity index (χ3n) is 2.15. The van der Waals surface area contributed by atoms with Gasteiger partial charge in [0.05, 0.1) is 12.2 Å². The first kappa shape index (κ1) is 13.9. The van der Waals surface area contributed by atoms with Gasteiger partial charge in [-0.05, 0) is 19.2 Å². The zero-order valence-corrected chi connectivity index (χ0v) is 9.67. The molecule has 0 aliphatic rings. The Bertz CT molecular complexity index is 313. The summed E-state index contributed by atoms with van der Waals surface area (Å²) in [5.74, 6) is 0. The Kier molecular flexibility index (Phi) is 5.37. The molecule has 0 saturated heterocycles. The van der Waals surface area contributed by atoms with Crippen molar-refractivity contribution in [2.24, 2.45) is 0 Å². The van der Waals surface area contributed by atoms with Crippen LogP contribution in [0.5, 0.6) is 0 Å². The monoisotopic (exact) mass is 247 g/mol. The molecule has 0 aliphatic carbocycles. The van der Waals surface area contributed by atoms with Crippen molar-refractivity contribution in [3.8, 4) is 0 Å². The van der Waals surface area contributed by atoms with Crippen LogP contribution in [-0.2, 0) is 6.54 Å². The molecule has 1 rings (SSSR count). The Morgan fingerprint density at radius 3 is 2.71 bits per heavy atom. The van der Waals surface area contributed by atoms with Crippen molar-refractivity contribution in [3.05, 3.63) is 30.1 Å². The Morgan fingerprint density at radius 1 is 1.35 bits per heavy atom. The Balaban J connectivity index is 2.16. The first-order chi connectivity index (χ1) is 7.97. The van der Waals surface area contributed by atoms with Gasteiger partial charge in [0.15, 0.2) is 0 Å². The molecule has 0 saturated carbocycles. The van der Waals surface area contributed by atoms with Crippen molar-refractivity contribution in [3.63, 3.8) is 0 Å². The first-order valence-electron chi connectivity index (χ1n) is 5.33. The molecule has 6 heteroatoms. The molecule has 96 valence electrons. The van der Waals surface area contributed by atoms with Crippen LogP contribution < -0.4 is 5.32 Å². The van der Waals surface area contributed by atoms with Gasteiger partial charge in [-0.3, -0.25) is 9.88 Å². The van der Waals surface area contributed by atoms with Gasteiger partial charge in [-0.15, -0.1) is 0 Å². The minimum absolute atomic E-state index is 0.308. The van der Waals surface area contributed by atoms with Crippen molar-refractivity contribution in [1.82, 2.24) is 15.2 Å². The number of alkyl halides is 3. The Labute approximate surface area is 98.6 Å². The molecule has 0 aliphatic heterocycles. The lowest BCUT2D eigenvalue weighted by molar-refractivity contribution is -0.124. The number of hydrogen-bond acceptors (Lipinski definition) is 3. The summed E-state index contributed by atoms with van der Waals surface area (Å²) in [5.41, 5.74) is 0.908. The number of nitrogens with zero attached hydrogens (tertiary/aromatic N) is 2. The quantitative estimate of drug-likeness (QED) is 0.775. The van der Waals surface area contributed by atoms with Gasteiger partial charge in [0.25, 0.3) is 0 Å². The van der Waals surface area contributed by atoms with Crippen LogP contribution in [0.3, 0.4) is 0 Å². The maximum absolute atomic E-state index is 11.8. The van der Waals surface area contributed by atoms with Crippen molar-refractivity contribution in [2.75, 3.05) is 26.7 Å². The maximum atomic E-state index is 11.8. The number of halogens is 3. The summed E-state index contributed by atoms with van der Waals surface area (Å²) in [6.07, 6.45) is -2.44. The van der Waals surface area contributed by atoms with E-state index in [0.29, 0.717) is 19.6 Å². The van der Waals surface area contributed by atoms with E-state index in [-0.39, 0.29) is 0 Å². The smallest absolute Gasteiger partial charge is 0.307 e. The number of pyridine rings is 1. The predicted molar refractivity (Wildman–Crippen MR) is 59.5 cm³/mol. The van der Waals surface area contributed by atoms with Crippen molar-refractivity contribution < 1.29 is 13.2 Å². The third kappa shape index (κ3) is 6.91. The van der Waals surface area contributed by atoms with E-state index in [4.69, 9.17) is 0 Å². The molecule has 0 bridgehead atoms. The highest BCUT2D eigenvalue weighted by Gasteiger charge is 2.25. The van der Waals surface area contributed by atoms with Crippen LogP contribution in [-0.4, -0.2) is 42.7 Å². The van der Waals surface area contributed by atoms with Gasteiger partial charge in [-0.25, -0.2) is 0 Å². The molecule has 0 radical (unpaired) electrons. The Hall–Kier alpha value is -1.14. The second-order valence-corrected chi connectivity index (χ2v) is 3.85.